The largest absolute Gasteiger partial charge is 0.411 e. The van der Waals surface area contributed by atoms with E-state index in [-0.39, 0.29) is 0 Å². The van der Waals surface area contributed by atoms with E-state index in [2.05, 4.69) is 10.1 Å². The Hall–Kier alpha value is -0.490. The maximum atomic E-state index is 11.8. The summed E-state index contributed by atoms with van der Waals surface area (Å²) in [7, 11) is 0. The van der Waals surface area contributed by atoms with Gasteiger partial charge in [-0.3, -0.25) is 4.79 Å². The zero-order valence-electron chi connectivity index (χ0n) is 10.6. The molecule has 2 unspecified atom stereocenters. The first-order valence-corrected chi connectivity index (χ1v) is 6.93. The number of carbonyl (C=O) groups is 1. The van der Waals surface area contributed by atoms with Gasteiger partial charge >= 0.3 is 6.18 Å². The monoisotopic (exact) mass is 301 g/mol. The molecule has 0 aromatic carbocycles. The summed E-state index contributed by atoms with van der Waals surface area (Å²) in [6.45, 7) is -1.49. The summed E-state index contributed by atoms with van der Waals surface area (Å²) < 4.78 is 39.7. The van der Waals surface area contributed by atoms with Crippen LogP contribution in [0.3, 0.4) is 0 Å². The molecular formula is C12H19ClF3NO2. The Labute approximate surface area is 115 Å². The first-order chi connectivity index (χ1) is 8.92. The normalized spacial score (nSPS) is 24.2. The summed E-state index contributed by atoms with van der Waals surface area (Å²) in [5.74, 6) is 0.748. The SMILES string of the molecule is O=C(COCC(F)(F)F)NCC1CCCCC1CCl. The number of rotatable bonds is 6. The van der Waals surface area contributed by atoms with Crippen LogP contribution in [0, 0.1) is 11.8 Å². The molecule has 0 saturated heterocycles. The van der Waals surface area contributed by atoms with E-state index in [9.17, 15) is 18.0 Å². The molecule has 1 fully saturated rings. The molecule has 1 aliphatic rings. The lowest BCUT2D eigenvalue weighted by atomic mass is 9.80. The van der Waals surface area contributed by atoms with Crippen LogP contribution in [0.5, 0.6) is 0 Å². The molecule has 19 heavy (non-hydrogen) atoms. The van der Waals surface area contributed by atoms with Gasteiger partial charge in [0.05, 0.1) is 0 Å². The molecule has 3 nitrogen and oxygen atoms in total. The van der Waals surface area contributed by atoms with Gasteiger partial charge in [0.15, 0.2) is 0 Å². The second-order valence-electron chi connectivity index (χ2n) is 4.87. The van der Waals surface area contributed by atoms with Gasteiger partial charge < -0.3 is 10.1 Å². The van der Waals surface area contributed by atoms with E-state index >= 15 is 0 Å². The van der Waals surface area contributed by atoms with Gasteiger partial charge in [0.2, 0.25) is 5.91 Å². The lowest BCUT2D eigenvalue weighted by Crippen LogP contribution is -2.37. The maximum Gasteiger partial charge on any atom is 0.411 e. The second kappa shape index (κ2) is 7.94. The predicted octanol–water partition coefficient (Wildman–Crippen LogP) is 2.73. The highest BCUT2D eigenvalue weighted by Gasteiger charge is 2.28. The van der Waals surface area contributed by atoms with E-state index in [1.54, 1.807) is 0 Å². The quantitative estimate of drug-likeness (QED) is 0.766. The molecule has 0 bridgehead atoms. The number of ether oxygens (including phenoxy) is 1. The van der Waals surface area contributed by atoms with Crippen molar-refractivity contribution in [1.29, 1.82) is 0 Å². The van der Waals surface area contributed by atoms with Crippen molar-refractivity contribution in [3.05, 3.63) is 0 Å². The Morgan fingerprint density at radius 1 is 1.26 bits per heavy atom. The van der Waals surface area contributed by atoms with Crippen LogP contribution in [0.15, 0.2) is 0 Å². The van der Waals surface area contributed by atoms with E-state index < -0.39 is 25.3 Å². The van der Waals surface area contributed by atoms with Crippen LogP contribution in [0.1, 0.15) is 25.7 Å². The molecule has 0 aromatic rings. The second-order valence-corrected chi connectivity index (χ2v) is 5.18. The molecule has 2 atom stereocenters. The minimum absolute atomic E-state index is 0.317. The third-order valence-electron chi connectivity index (χ3n) is 3.32. The van der Waals surface area contributed by atoms with Gasteiger partial charge in [0.1, 0.15) is 13.2 Å². The van der Waals surface area contributed by atoms with Crippen LogP contribution in [0.2, 0.25) is 0 Å². The van der Waals surface area contributed by atoms with Crippen molar-refractivity contribution >= 4 is 17.5 Å². The summed E-state index contributed by atoms with van der Waals surface area (Å²) in [6, 6.07) is 0. The van der Waals surface area contributed by atoms with Crippen LogP contribution in [-0.4, -0.2) is 37.7 Å². The summed E-state index contributed by atoms with van der Waals surface area (Å²) in [6.07, 6.45) is -0.0852. The number of hydrogen-bond donors (Lipinski definition) is 1. The smallest absolute Gasteiger partial charge is 0.362 e. The van der Waals surface area contributed by atoms with Crippen LogP contribution in [0.4, 0.5) is 13.2 Å². The number of carbonyl (C=O) groups excluding carboxylic acids is 1. The molecular weight excluding hydrogens is 283 g/mol. The summed E-state index contributed by atoms with van der Waals surface area (Å²) in [5.41, 5.74) is 0. The number of nitrogens with one attached hydrogen (secondary N) is 1. The molecule has 1 saturated carbocycles. The zero-order chi connectivity index (χ0) is 14.3. The molecule has 0 radical (unpaired) electrons. The minimum Gasteiger partial charge on any atom is -0.362 e. The fourth-order valence-electron chi connectivity index (χ4n) is 2.31. The van der Waals surface area contributed by atoms with E-state index in [1.165, 1.54) is 0 Å². The number of halogens is 4. The molecule has 112 valence electrons. The zero-order valence-corrected chi connectivity index (χ0v) is 11.4. The number of alkyl halides is 4. The van der Waals surface area contributed by atoms with Gasteiger partial charge in [-0.05, 0) is 24.7 Å². The van der Waals surface area contributed by atoms with Crippen LogP contribution in [0.25, 0.3) is 0 Å². The lowest BCUT2D eigenvalue weighted by molar-refractivity contribution is -0.175. The number of hydrogen-bond acceptors (Lipinski definition) is 2. The third-order valence-corrected chi connectivity index (χ3v) is 3.72. The Morgan fingerprint density at radius 2 is 1.89 bits per heavy atom. The van der Waals surface area contributed by atoms with Crippen molar-refractivity contribution in [1.82, 2.24) is 5.32 Å². The average molecular weight is 302 g/mol. The molecule has 0 aliphatic heterocycles. The molecule has 1 rings (SSSR count). The summed E-state index contributed by atoms with van der Waals surface area (Å²) in [4.78, 5) is 11.3. The lowest BCUT2D eigenvalue weighted by Gasteiger charge is -2.30. The molecule has 0 aromatic heterocycles. The Balaban J connectivity index is 2.18. The van der Waals surface area contributed by atoms with Crippen LogP contribution >= 0.6 is 11.6 Å². The molecule has 1 N–H and O–H groups in total. The van der Waals surface area contributed by atoms with Crippen molar-refractivity contribution in [2.75, 3.05) is 25.6 Å². The van der Waals surface area contributed by atoms with Crippen molar-refractivity contribution in [2.45, 2.75) is 31.9 Å². The van der Waals surface area contributed by atoms with E-state index in [0.717, 1.165) is 25.7 Å². The number of amides is 1. The highest BCUT2D eigenvalue weighted by Crippen LogP contribution is 2.30. The van der Waals surface area contributed by atoms with Gasteiger partial charge in [-0.1, -0.05) is 12.8 Å². The van der Waals surface area contributed by atoms with Gasteiger partial charge in [-0.25, -0.2) is 0 Å². The summed E-state index contributed by atoms with van der Waals surface area (Å²) in [5, 5.41) is 2.61. The molecule has 7 heteroatoms. The third kappa shape index (κ3) is 7.01. The van der Waals surface area contributed by atoms with E-state index in [4.69, 9.17) is 11.6 Å². The highest BCUT2D eigenvalue weighted by molar-refractivity contribution is 6.18. The molecule has 0 spiro atoms. The average Bonchev–Trinajstić information content (AvgIpc) is 2.35. The minimum atomic E-state index is -4.40. The first-order valence-electron chi connectivity index (χ1n) is 6.39. The van der Waals surface area contributed by atoms with E-state index in [0.29, 0.717) is 24.3 Å². The maximum absolute atomic E-state index is 11.8. The van der Waals surface area contributed by atoms with Gasteiger partial charge in [0.25, 0.3) is 0 Å². The first kappa shape index (κ1) is 16.6. The highest BCUT2D eigenvalue weighted by atomic mass is 35.5. The van der Waals surface area contributed by atoms with Crippen molar-refractivity contribution in [3.63, 3.8) is 0 Å². The van der Waals surface area contributed by atoms with Crippen LogP contribution < -0.4 is 5.32 Å². The predicted molar refractivity (Wildman–Crippen MR) is 66.1 cm³/mol. The van der Waals surface area contributed by atoms with Gasteiger partial charge in [0, 0.05) is 12.4 Å². The Morgan fingerprint density at radius 3 is 2.47 bits per heavy atom. The topological polar surface area (TPSA) is 38.3 Å². The fourth-order valence-corrected chi connectivity index (χ4v) is 2.72. The standard InChI is InChI=1S/C12H19ClF3NO2/c13-5-9-3-1-2-4-10(9)6-17-11(18)7-19-8-12(14,15)16/h9-10H,1-8H2,(H,17,18). The Bertz CT molecular complexity index is 287. The van der Waals surface area contributed by atoms with Gasteiger partial charge in [-0.15, -0.1) is 11.6 Å². The molecule has 0 heterocycles. The van der Waals surface area contributed by atoms with Crippen molar-refractivity contribution in [3.8, 4) is 0 Å². The summed E-state index contributed by atoms with van der Waals surface area (Å²) >= 11 is 5.86. The fraction of sp³-hybridized carbons (Fsp3) is 0.917. The Kier molecular flexibility index (Phi) is 6.93. The van der Waals surface area contributed by atoms with Crippen molar-refractivity contribution in [2.24, 2.45) is 11.8 Å². The molecule has 1 aliphatic carbocycles. The van der Waals surface area contributed by atoms with Gasteiger partial charge in [-0.2, -0.15) is 13.2 Å². The molecule has 1 amide bonds. The van der Waals surface area contributed by atoms with E-state index in [1.807, 2.05) is 0 Å². The van der Waals surface area contributed by atoms with Crippen molar-refractivity contribution < 1.29 is 22.7 Å². The van der Waals surface area contributed by atoms with Crippen LogP contribution in [-0.2, 0) is 9.53 Å².